The molecule has 0 amide bonds. The molecule has 2 aromatic rings. The average molecular weight is 221 g/mol. The van der Waals surface area contributed by atoms with Crippen molar-refractivity contribution in [2.24, 2.45) is 0 Å². The highest BCUT2D eigenvalue weighted by molar-refractivity contribution is 5.74. The Bertz CT molecular complexity index is 597. The summed E-state index contributed by atoms with van der Waals surface area (Å²) in [7, 11) is 0. The number of imidazole rings is 1. The zero-order valence-electron chi connectivity index (χ0n) is 8.73. The predicted octanol–water partition coefficient (Wildman–Crippen LogP) is 0.372. The normalized spacial score (nSPS) is 10.8. The van der Waals surface area contributed by atoms with Crippen molar-refractivity contribution in [1.82, 2.24) is 14.5 Å². The monoisotopic (exact) mass is 221 g/mol. The van der Waals surface area contributed by atoms with Crippen LogP contribution in [0.5, 0.6) is 0 Å². The van der Waals surface area contributed by atoms with Crippen LogP contribution in [0.25, 0.3) is 11.0 Å². The Morgan fingerprint density at radius 1 is 1.62 bits per heavy atom. The summed E-state index contributed by atoms with van der Waals surface area (Å²) in [6.07, 6.45) is 2.16. The lowest BCUT2D eigenvalue weighted by Gasteiger charge is -1.99. The van der Waals surface area contributed by atoms with E-state index in [2.05, 4.69) is 9.97 Å². The second-order valence-electron chi connectivity index (χ2n) is 3.44. The fourth-order valence-corrected chi connectivity index (χ4v) is 1.53. The summed E-state index contributed by atoms with van der Waals surface area (Å²) in [5.41, 5.74) is 0.555. The summed E-state index contributed by atoms with van der Waals surface area (Å²) in [5, 5.41) is 8.63. The molecule has 6 heteroatoms. The van der Waals surface area contributed by atoms with Gasteiger partial charge in [-0.1, -0.05) is 6.92 Å². The molecule has 0 fully saturated rings. The third-order valence-electron chi connectivity index (χ3n) is 2.31. The maximum atomic E-state index is 11.8. The van der Waals surface area contributed by atoms with E-state index in [1.807, 2.05) is 6.92 Å². The van der Waals surface area contributed by atoms with Gasteiger partial charge in [0.2, 0.25) is 0 Å². The van der Waals surface area contributed by atoms with E-state index in [-0.39, 0.29) is 12.1 Å². The predicted molar refractivity (Wildman–Crippen MR) is 57.4 cm³/mol. The first-order valence-corrected chi connectivity index (χ1v) is 4.91. The van der Waals surface area contributed by atoms with Gasteiger partial charge in [-0.25, -0.2) is 4.98 Å². The Hall–Kier alpha value is -2.11. The molecule has 0 aliphatic carbocycles. The third kappa shape index (κ3) is 1.69. The van der Waals surface area contributed by atoms with Gasteiger partial charge in [-0.15, -0.1) is 0 Å². The van der Waals surface area contributed by atoms with Crippen molar-refractivity contribution in [2.45, 2.75) is 19.9 Å². The fraction of sp³-hybridized carbons (Fsp3) is 0.300. The maximum absolute atomic E-state index is 11.8. The molecular weight excluding hydrogens is 210 g/mol. The van der Waals surface area contributed by atoms with Crippen molar-refractivity contribution < 1.29 is 9.90 Å². The van der Waals surface area contributed by atoms with Crippen LogP contribution in [0.1, 0.15) is 12.7 Å². The van der Waals surface area contributed by atoms with Crippen LogP contribution in [0, 0.1) is 0 Å². The lowest BCUT2D eigenvalue weighted by atomic mass is 10.4. The van der Waals surface area contributed by atoms with Crippen LogP contribution in [0.3, 0.4) is 0 Å². The van der Waals surface area contributed by atoms with E-state index in [9.17, 15) is 9.59 Å². The molecule has 6 nitrogen and oxygen atoms in total. The summed E-state index contributed by atoms with van der Waals surface area (Å²) in [4.78, 5) is 29.5. The van der Waals surface area contributed by atoms with Gasteiger partial charge in [0.15, 0.2) is 5.52 Å². The number of hydrogen-bond acceptors (Lipinski definition) is 3. The van der Waals surface area contributed by atoms with E-state index in [0.717, 1.165) is 10.4 Å². The van der Waals surface area contributed by atoms with Crippen LogP contribution in [-0.4, -0.2) is 25.6 Å². The first-order valence-electron chi connectivity index (χ1n) is 4.91. The molecule has 2 rings (SSSR count). The van der Waals surface area contributed by atoms with E-state index in [0.29, 0.717) is 17.5 Å². The molecule has 0 aliphatic rings. The number of carboxylic acid groups (broad SMARTS) is 1. The second kappa shape index (κ2) is 3.80. The van der Waals surface area contributed by atoms with Gasteiger partial charge in [-0.3, -0.25) is 9.59 Å². The number of nitrogens with zero attached hydrogens (tertiary/aromatic N) is 2. The van der Waals surface area contributed by atoms with Gasteiger partial charge in [-0.2, -0.15) is 0 Å². The number of aliphatic carboxylic acids is 1. The van der Waals surface area contributed by atoms with Gasteiger partial charge >= 0.3 is 5.97 Å². The average Bonchev–Trinajstić information content (AvgIpc) is 2.65. The smallest absolute Gasteiger partial charge is 0.323 e. The third-order valence-corrected chi connectivity index (χ3v) is 2.31. The van der Waals surface area contributed by atoms with Crippen molar-refractivity contribution in [3.63, 3.8) is 0 Å². The number of H-pyrrole nitrogens is 1. The molecule has 0 unspecified atom stereocenters. The van der Waals surface area contributed by atoms with E-state index >= 15 is 0 Å². The molecule has 84 valence electrons. The molecule has 0 atom stereocenters. The van der Waals surface area contributed by atoms with Crippen LogP contribution in [0.4, 0.5) is 0 Å². The molecule has 0 radical (unpaired) electrons. The van der Waals surface area contributed by atoms with Crippen LogP contribution >= 0.6 is 0 Å². The van der Waals surface area contributed by atoms with Crippen molar-refractivity contribution in [3.8, 4) is 0 Å². The highest BCUT2D eigenvalue weighted by Crippen LogP contribution is 2.06. The number of carboxylic acids is 1. The Morgan fingerprint density at radius 2 is 2.38 bits per heavy atom. The van der Waals surface area contributed by atoms with Gasteiger partial charge in [0.05, 0.1) is 5.52 Å². The topological polar surface area (TPSA) is 88.0 Å². The van der Waals surface area contributed by atoms with Crippen LogP contribution in [-0.2, 0) is 17.8 Å². The first-order chi connectivity index (χ1) is 7.61. The number of fused-ring (bicyclic) bond motifs is 1. The van der Waals surface area contributed by atoms with E-state index < -0.39 is 5.97 Å². The standard InChI is InChI=1S/C10H11N3O3/c1-2-7-11-6-3-4-13(5-8(14)15)10(16)9(6)12-7/h3-4H,2,5H2,1H3,(H,11,12)(H,14,15). The molecule has 2 N–H and O–H groups in total. The van der Waals surface area contributed by atoms with Gasteiger partial charge in [0.25, 0.3) is 5.56 Å². The number of pyridine rings is 1. The summed E-state index contributed by atoms with van der Waals surface area (Å²) in [6, 6.07) is 1.66. The fourth-order valence-electron chi connectivity index (χ4n) is 1.53. The minimum Gasteiger partial charge on any atom is -0.480 e. The Balaban J connectivity index is 2.59. The van der Waals surface area contributed by atoms with Crippen LogP contribution in [0.2, 0.25) is 0 Å². The summed E-state index contributed by atoms with van der Waals surface area (Å²) >= 11 is 0. The lowest BCUT2D eigenvalue weighted by molar-refractivity contribution is -0.137. The first kappa shape index (κ1) is 10.4. The van der Waals surface area contributed by atoms with Gasteiger partial charge in [0, 0.05) is 12.6 Å². The molecule has 2 aromatic heterocycles. The van der Waals surface area contributed by atoms with Crippen molar-refractivity contribution in [3.05, 3.63) is 28.4 Å². The van der Waals surface area contributed by atoms with Crippen LogP contribution < -0.4 is 5.56 Å². The molecule has 0 spiro atoms. The zero-order valence-corrected chi connectivity index (χ0v) is 8.73. The highest BCUT2D eigenvalue weighted by Gasteiger charge is 2.09. The van der Waals surface area contributed by atoms with Gasteiger partial charge in [-0.05, 0) is 6.07 Å². The van der Waals surface area contributed by atoms with E-state index in [4.69, 9.17) is 5.11 Å². The van der Waals surface area contributed by atoms with Crippen molar-refractivity contribution >= 4 is 17.0 Å². The number of aromatic nitrogens is 3. The molecule has 0 saturated carbocycles. The molecule has 2 heterocycles. The SMILES string of the molecule is CCc1nc2c(=O)n(CC(=O)O)ccc2[nH]1. The number of aromatic amines is 1. The molecular formula is C10H11N3O3. The molecule has 0 aliphatic heterocycles. The van der Waals surface area contributed by atoms with Crippen LogP contribution in [0.15, 0.2) is 17.1 Å². The number of aryl methyl sites for hydroxylation is 1. The molecule has 0 saturated heterocycles. The van der Waals surface area contributed by atoms with Crippen molar-refractivity contribution in [1.29, 1.82) is 0 Å². The minimum absolute atomic E-state index is 0.292. The zero-order chi connectivity index (χ0) is 11.7. The Labute approximate surface area is 90.5 Å². The Morgan fingerprint density at radius 3 is 3.00 bits per heavy atom. The van der Waals surface area contributed by atoms with Gasteiger partial charge < -0.3 is 14.7 Å². The maximum Gasteiger partial charge on any atom is 0.323 e. The number of hydrogen-bond donors (Lipinski definition) is 2. The summed E-state index contributed by atoms with van der Waals surface area (Å²) in [6.45, 7) is 1.58. The summed E-state index contributed by atoms with van der Waals surface area (Å²) in [5.74, 6) is -0.326. The largest absolute Gasteiger partial charge is 0.480 e. The number of carbonyl (C=O) groups is 1. The summed E-state index contributed by atoms with van der Waals surface area (Å²) < 4.78 is 1.13. The molecule has 0 aromatic carbocycles. The van der Waals surface area contributed by atoms with Gasteiger partial charge in [0.1, 0.15) is 12.4 Å². The number of rotatable bonds is 3. The number of nitrogens with one attached hydrogen (secondary N) is 1. The second-order valence-corrected chi connectivity index (χ2v) is 3.44. The lowest BCUT2D eigenvalue weighted by Crippen LogP contribution is -2.23. The highest BCUT2D eigenvalue weighted by atomic mass is 16.4. The van der Waals surface area contributed by atoms with E-state index in [1.165, 1.54) is 6.20 Å². The molecule has 16 heavy (non-hydrogen) atoms. The molecule has 0 bridgehead atoms. The Kier molecular flexibility index (Phi) is 2.47. The minimum atomic E-state index is -1.05. The van der Waals surface area contributed by atoms with Crippen molar-refractivity contribution in [2.75, 3.05) is 0 Å². The quantitative estimate of drug-likeness (QED) is 0.783. The van der Waals surface area contributed by atoms with E-state index in [1.54, 1.807) is 6.07 Å².